The van der Waals surface area contributed by atoms with E-state index in [2.05, 4.69) is 10.2 Å². The Morgan fingerprint density at radius 2 is 1.42 bits per heavy atom. The van der Waals surface area contributed by atoms with Gasteiger partial charge < -0.3 is 0 Å². The smallest absolute Gasteiger partial charge is 0.268 e. The maximum atomic E-state index is 12.5. The van der Waals surface area contributed by atoms with E-state index >= 15 is 0 Å². The molecule has 0 radical (unpaired) electrons. The van der Waals surface area contributed by atoms with E-state index in [1.54, 1.807) is 0 Å². The molecular weight excluding hydrogens is 300 g/mol. The summed E-state index contributed by atoms with van der Waals surface area (Å²) in [6, 6.07) is 22.6. The molecule has 3 aromatic rings. The van der Waals surface area contributed by atoms with E-state index in [-0.39, 0.29) is 5.56 Å². The van der Waals surface area contributed by atoms with Crippen molar-refractivity contribution in [2.45, 2.75) is 5.92 Å². The van der Waals surface area contributed by atoms with Crippen molar-refractivity contribution in [2.24, 2.45) is 5.92 Å². The SMILES string of the molecule is N#CC(C#N)[C@H](c1ccccc1)c1c(-c2ccccc2)[nH][nH]c1=O. The molecule has 2 N–H and O–H groups in total. The van der Waals surface area contributed by atoms with Crippen LogP contribution in [0, 0.1) is 28.6 Å². The Kier molecular flexibility index (Phi) is 4.27. The molecule has 0 spiro atoms. The van der Waals surface area contributed by atoms with Crippen LogP contribution >= 0.6 is 0 Å². The summed E-state index contributed by atoms with van der Waals surface area (Å²) in [4.78, 5) is 12.5. The van der Waals surface area contributed by atoms with Gasteiger partial charge in [0.1, 0.15) is 5.92 Å². The number of hydrogen-bond acceptors (Lipinski definition) is 3. The van der Waals surface area contributed by atoms with Gasteiger partial charge in [-0.3, -0.25) is 15.0 Å². The minimum atomic E-state index is -0.966. The zero-order valence-corrected chi connectivity index (χ0v) is 12.7. The van der Waals surface area contributed by atoms with Crippen molar-refractivity contribution >= 4 is 0 Å². The first-order chi connectivity index (χ1) is 11.8. The van der Waals surface area contributed by atoms with Gasteiger partial charge >= 0.3 is 0 Å². The van der Waals surface area contributed by atoms with Crippen molar-refractivity contribution in [1.82, 2.24) is 10.2 Å². The Balaban J connectivity index is 2.24. The zero-order chi connectivity index (χ0) is 16.9. The number of H-pyrrole nitrogens is 2. The predicted octanol–water partition coefficient (Wildman–Crippen LogP) is 3.17. The van der Waals surface area contributed by atoms with Crippen LogP contribution in [-0.4, -0.2) is 10.2 Å². The van der Waals surface area contributed by atoms with Gasteiger partial charge in [-0.15, -0.1) is 0 Å². The lowest BCUT2D eigenvalue weighted by Gasteiger charge is -2.17. The molecule has 0 bridgehead atoms. The molecule has 24 heavy (non-hydrogen) atoms. The van der Waals surface area contributed by atoms with Crippen LogP contribution in [0.25, 0.3) is 11.3 Å². The van der Waals surface area contributed by atoms with E-state index in [1.165, 1.54) is 0 Å². The molecule has 0 amide bonds. The Morgan fingerprint density at radius 1 is 0.833 bits per heavy atom. The van der Waals surface area contributed by atoms with Crippen LogP contribution in [0.3, 0.4) is 0 Å². The quantitative estimate of drug-likeness (QED) is 0.774. The molecule has 2 aromatic carbocycles. The highest BCUT2D eigenvalue weighted by molar-refractivity contribution is 5.64. The lowest BCUT2D eigenvalue weighted by Crippen LogP contribution is -2.19. The third-order valence-electron chi connectivity index (χ3n) is 3.96. The second-order valence-corrected chi connectivity index (χ2v) is 5.36. The fourth-order valence-corrected chi connectivity index (χ4v) is 2.86. The Morgan fingerprint density at radius 3 is 2.00 bits per heavy atom. The predicted molar refractivity (Wildman–Crippen MR) is 89.9 cm³/mol. The van der Waals surface area contributed by atoms with Crippen molar-refractivity contribution in [3.05, 3.63) is 82.1 Å². The normalized spacial score (nSPS) is 11.6. The molecule has 0 unspecified atom stereocenters. The largest absolute Gasteiger partial charge is 0.297 e. The molecule has 116 valence electrons. The van der Waals surface area contributed by atoms with Crippen LogP contribution in [0.2, 0.25) is 0 Å². The second-order valence-electron chi connectivity index (χ2n) is 5.36. The highest BCUT2D eigenvalue weighted by Crippen LogP contribution is 2.34. The molecule has 0 aliphatic carbocycles. The maximum Gasteiger partial charge on any atom is 0.268 e. The van der Waals surface area contributed by atoms with Crippen molar-refractivity contribution in [1.29, 1.82) is 10.5 Å². The van der Waals surface area contributed by atoms with Crippen LogP contribution in [0.4, 0.5) is 0 Å². The fraction of sp³-hybridized carbons (Fsp3) is 0.105. The molecule has 5 heteroatoms. The van der Waals surface area contributed by atoms with Gasteiger partial charge in [0.2, 0.25) is 0 Å². The van der Waals surface area contributed by atoms with Gasteiger partial charge in [-0.1, -0.05) is 60.7 Å². The molecule has 5 nitrogen and oxygen atoms in total. The Hall–Kier alpha value is -3.57. The highest BCUT2D eigenvalue weighted by atomic mass is 16.1. The van der Waals surface area contributed by atoms with E-state index in [9.17, 15) is 15.3 Å². The van der Waals surface area contributed by atoms with Gasteiger partial charge in [0.25, 0.3) is 5.56 Å². The molecule has 3 rings (SSSR count). The minimum absolute atomic E-state index is 0.321. The highest BCUT2D eigenvalue weighted by Gasteiger charge is 2.31. The average molecular weight is 314 g/mol. The third-order valence-corrected chi connectivity index (χ3v) is 3.96. The molecule has 0 saturated heterocycles. The third kappa shape index (κ3) is 2.71. The van der Waals surface area contributed by atoms with Gasteiger partial charge in [-0.25, -0.2) is 0 Å². The lowest BCUT2D eigenvalue weighted by atomic mass is 9.81. The number of nitriles is 2. The van der Waals surface area contributed by atoms with E-state index in [4.69, 9.17) is 0 Å². The van der Waals surface area contributed by atoms with Crippen LogP contribution in [0.5, 0.6) is 0 Å². The molecule has 1 atom stereocenters. The number of nitrogens with one attached hydrogen (secondary N) is 2. The van der Waals surface area contributed by atoms with Crippen LogP contribution in [0.1, 0.15) is 17.0 Å². The van der Waals surface area contributed by atoms with E-state index in [0.29, 0.717) is 11.3 Å². The summed E-state index contributed by atoms with van der Waals surface area (Å²) in [6.45, 7) is 0. The molecule has 0 fully saturated rings. The summed E-state index contributed by atoms with van der Waals surface area (Å²) in [7, 11) is 0. The van der Waals surface area contributed by atoms with Gasteiger partial charge in [0.15, 0.2) is 0 Å². The Labute approximate surface area is 138 Å². The first kappa shape index (κ1) is 15.3. The zero-order valence-electron chi connectivity index (χ0n) is 12.7. The van der Waals surface area contributed by atoms with Crippen molar-refractivity contribution < 1.29 is 0 Å². The van der Waals surface area contributed by atoms with E-state index < -0.39 is 11.8 Å². The first-order valence-corrected chi connectivity index (χ1v) is 7.46. The average Bonchev–Trinajstić information content (AvgIpc) is 3.02. The minimum Gasteiger partial charge on any atom is -0.297 e. The summed E-state index contributed by atoms with van der Waals surface area (Å²) in [5.74, 6) is -1.60. The molecule has 1 aromatic heterocycles. The number of rotatable bonds is 4. The number of aromatic amines is 2. The summed E-state index contributed by atoms with van der Waals surface area (Å²) >= 11 is 0. The second kappa shape index (κ2) is 6.68. The van der Waals surface area contributed by atoms with Gasteiger partial charge in [0.05, 0.1) is 23.4 Å². The van der Waals surface area contributed by atoms with Crippen LogP contribution in [-0.2, 0) is 0 Å². The first-order valence-electron chi connectivity index (χ1n) is 7.46. The molecular formula is C19H14N4O. The van der Waals surface area contributed by atoms with Gasteiger partial charge in [-0.05, 0) is 11.1 Å². The van der Waals surface area contributed by atoms with E-state index in [1.807, 2.05) is 72.8 Å². The fourth-order valence-electron chi connectivity index (χ4n) is 2.86. The standard InChI is InChI=1S/C19H14N4O/c20-11-15(12-21)16(13-7-3-1-4-8-13)17-18(22-23-19(17)24)14-9-5-2-6-10-14/h1-10,15-16H,(H2,22,23,24)/t16-/m0/s1. The maximum absolute atomic E-state index is 12.5. The monoisotopic (exact) mass is 314 g/mol. The molecule has 1 heterocycles. The molecule has 0 aliphatic rings. The van der Waals surface area contributed by atoms with Crippen molar-refractivity contribution in [2.75, 3.05) is 0 Å². The van der Waals surface area contributed by atoms with Gasteiger partial charge in [-0.2, -0.15) is 10.5 Å². The number of nitrogens with zero attached hydrogens (tertiary/aromatic N) is 2. The molecule has 0 aliphatic heterocycles. The summed E-state index contributed by atoms with van der Waals surface area (Å²) in [5, 5.41) is 24.3. The van der Waals surface area contributed by atoms with Crippen molar-refractivity contribution in [3.63, 3.8) is 0 Å². The Bertz CT molecular complexity index is 944. The van der Waals surface area contributed by atoms with Gasteiger partial charge in [0, 0.05) is 5.92 Å². The summed E-state index contributed by atoms with van der Waals surface area (Å²) in [6.07, 6.45) is 0. The summed E-state index contributed by atoms with van der Waals surface area (Å²) in [5.41, 5.74) is 2.26. The van der Waals surface area contributed by atoms with Crippen molar-refractivity contribution in [3.8, 4) is 23.4 Å². The number of benzene rings is 2. The van der Waals surface area contributed by atoms with Crippen LogP contribution in [0.15, 0.2) is 65.5 Å². The molecule has 0 saturated carbocycles. The van der Waals surface area contributed by atoms with E-state index in [0.717, 1.165) is 11.1 Å². The number of aromatic nitrogens is 2. The lowest BCUT2D eigenvalue weighted by molar-refractivity contribution is 0.706. The number of hydrogen-bond donors (Lipinski definition) is 2. The topological polar surface area (TPSA) is 96.2 Å². The van der Waals surface area contributed by atoms with Crippen LogP contribution < -0.4 is 5.56 Å². The summed E-state index contributed by atoms with van der Waals surface area (Å²) < 4.78 is 0.